The van der Waals surface area contributed by atoms with E-state index in [1.807, 2.05) is 12.1 Å². The van der Waals surface area contributed by atoms with Crippen molar-refractivity contribution in [2.45, 2.75) is 16.7 Å². The summed E-state index contributed by atoms with van der Waals surface area (Å²) in [6.45, 7) is 1.79. The topological polar surface area (TPSA) is 37.3 Å². The Labute approximate surface area is 131 Å². The maximum Gasteiger partial charge on any atom is 0.335 e. The molecule has 0 radical (unpaired) electrons. The molecule has 0 fully saturated rings. The van der Waals surface area contributed by atoms with E-state index in [1.165, 1.54) is 12.1 Å². The molecule has 1 N–H and O–H groups in total. The van der Waals surface area contributed by atoms with Gasteiger partial charge in [0, 0.05) is 21.3 Å². The fourth-order valence-corrected chi connectivity index (χ4v) is 3.60. The maximum atomic E-state index is 12.8. The minimum atomic E-state index is -0.893. The number of benzene rings is 2. The first-order valence-electron chi connectivity index (χ1n) is 6.41. The minimum absolute atomic E-state index is 0.227. The van der Waals surface area contributed by atoms with Crippen LogP contribution in [-0.2, 0) is 0 Å². The van der Waals surface area contributed by atoms with Gasteiger partial charge < -0.3 is 5.11 Å². The highest BCUT2D eigenvalue weighted by Crippen LogP contribution is 2.25. The molecule has 21 heavy (non-hydrogen) atoms. The second kappa shape index (κ2) is 7.52. The van der Waals surface area contributed by atoms with E-state index < -0.39 is 5.97 Å². The fraction of sp³-hybridized carbons (Fsp3) is 0.188. The molecular formula is C16H15FO2S2. The van der Waals surface area contributed by atoms with Crippen LogP contribution in [0.1, 0.15) is 15.9 Å². The van der Waals surface area contributed by atoms with Crippen molar-refractivity contribution < 1.29 is 14.3 Å². The molecule has 0 saturated carbocycles. The second-order valence-electron chi connectivity index (χ2n) is 4.43. The summed E-state index contributed by atoms with van der Waals surface area (Å²) >= 11 is 3.28. The SMILES string of the molecule is Cc1ccc(SCCSc2ccc(F)cc2)cc1C(=O)O. The van der Waals surface area contributed by atoms with Crippen molar-refractivity contribution in [1.29, 1.82) is 0 Å². The molecule has 0 aromatic heterocycles. The van der Waals surface area contributed by atoms with E-state index in [0.717, 1.165) is 26.9 Å². The summed E-state index contributed by atoms with van der Waals surface area (Å²) in [5, 5.41) is 9.09. The number of thioether (sulfide) groups is 2. The molecule has 0 heterocycles. The van der Waals surface area contributed by atoms with Crippen molar-refractivity contribution in [3.05, 3.63) is 59.4 Å². The Bertz CT molecular complexity index is 627. The Balaban J connectivity index is 1.85. The zero-order valence-corrected chi connectivity index (χ0v) is 13.1. The van der Waals surface area contributed by atoms with Crippen LogP contribution in [0.5, 0.6) is 0 Å². The lowest BCUT2D eigenvalue weighted by atomic mass is 10.1. The molecule has 0 aliphatic carbocycles. The number of carbonyl (C=O) groups is 1. The fourth-order valence-electron chi connectivity index (χ4n) is 1.77. The highest BCUT2D eigenvalue weighted by molar-refractivity contribution is 8.03. The van der Waals surface area contributed by atoms with Gasteiger partial charge in [-0.1, -0.05) is 6.07 Å². The average Bonchev–Trinajstić information content (AvgIpc) is 2.46. The molecule has 0 saturated heterocycles. The van der Waals surface area contributed by atoms with Gasteiger partial charge in [0.1, 0.15) is 5.82 Å². The Kier molecular flexibility index (Phi) is 5.70. The summed E-state index contributed by atoms with van der Waals surface area (Å²) in [5.41, 5.74) is 1.12. The van der Waals surface area contributed by atoms with Crippen LogP contribution in [0.3, 0.4) is 0 Å². The molecule has 2 nitrogen and oxygen atoms in total. The number of hydrogen-bond donors (Lipinski definition) is 1. The van der Waals surface area contributed by atoms with Gasteiger partial charge in [-0.3, -0.25) is 0 Å². The number of rotatable bonds is 6. The maximum absolute atomic E-state index is 12.8. The lowest BCUT2D eigenvalue weighted by Crippen LogP contribution is -1.99. The van der Waals surface area contributed by atoms with Crippen LogP contribution in [0.4, 0.5) is 4.39 Å². The summed E-state index contributed by atoms with van der Waals surface area (Å²) in [7, 11) is 0. The predicted octanol–water partition coefficient (Wildman–Crippen LogP) is 4.72. The lowest BCUT2D eigenvalue weighted by Gasteiger charge is -2.05. The van der Waals surface area contributed by atoms with Crippen molar-refractivity contribution in [2.75, 3.05) is 11.5 Å². The Morgan fingerprint density at radius 2 is 1.62 bits per heavy atom. The average molecular weight is 322 g/mol. The molecule has 110 valence electrons. The van der Waals surface area contributed by atoms with Crippen molar-refractivity contribution in [1.82, 2.24) is 0 Å². The van der Waals surface area contributed by atoms with Crippen LogP contribution in [0, 0.1) is 12.7 Å². The zero-order chi connectivity index (χ0) is 15.2. The van der Waals surface area contributed by atoms with Crippen LogP contribution >= 0.6 is 23.5 Å². The first kappa shape index (κ1) is 15.9. The zero-order valence-electron chi connectivity index (χ0n) is 11.5. The Hall–Kier alpha value is -1.46. The number of hydrogen-bond acceptors (Lipinski definition) is 3. The first-order valence-corrected chi connectivity index (χ1v) is 8.38. The number of aryl methyl sites for hydroxylation is 1. The van der Waals surface area contributed by atoms with Crippen LogP contribution in [0.25, 0.3) is 0 Å². The molecule has 2 aromatic rings. The molecule has 0 spiro atoms. The predicted molar refractivity (Wildman–Crippen MR) is 86.0 cm³/mol. The van der Waals surface area contributed by atoms with E-state index >= 15 is 0 Å². The van der Waals surface area contributed by atoms with Crippen LogP contribution in [0.15, 0.2) is 52.3 Å². The van der Waals surface area contributed by atoms with E-state index in [4.69, 9.17) is 5.11 Å². The van der Waals surface area contributed by atoms with Crippen LogP contribution < -0.4 is 0 Å². The van der Waals surface area contributed by atoms with Gasteiger partial charge in [0.25, 0.3) is 0 Å². The van der Waals surface area contributed by atoms with E-state index in [2.05, 4.69) is 0 Å². The third-order valence-electron chi connectivity index (χ3n) is 2.87. The van der Waals surface area contributed by atoms with Gasteiger partial charge >= 0.3 is 5.97 Å². The largest absolute Gasteiger partial charge is 0.478 e. The quantitative estimate of drug-likeness (QED) is 0.617. The number of carboxylic acids is 1. The monoisotopic (exact) mass is 322 g/mol. The number of aromatic carboxylic acids is 1. The minimum Gasteiger partial charge on any atom is -0.478 e. The summed E-state index contributed by atoms with van der Waals surface area (Å²) in [6, 6.07) is 11.9. The van der Waals surface area contributed by atoms with Gasteiger partial charge in [-0.25, -0.2) is 9.18 Å². The van der Waals surface area contributed by atoms with Crippen molar-refractivity contribution in [2.24, 2.45) is 0 Å². The molecule has 0 atom stereocenters. The van der Waals surface area contributed by atoms with Crippen molar-refractivity contribution in [3.63, 3.8) is 0 Å². The molecule has 0 aliphatic rings. The smallest absolute Gasteiger partial charge is 0.335 e. The van der Waals surface area contributed by atoms with E-state index in [1.54, 1.807) is 48.6 Å². The number of halogens is 1. The third-order valence-corrected chi connectivity index (χ3v) is 5.14. The molecule has 5 heteroatoms. The number of carboxylic acid groups (broad SMARTS) is 1. The van der Waals surface area contributed by atoms with Gasteiger partial charge in [-0.05, 0) is 48.9 Å². The summed E-state index contributed by atoms with van der Waals surface area (Å²) < 4.78 is 12.8. The third kappa shape index (κ3) is 4.79. The molecular weight excluding hydrogens is 307 g/mol. The highest BCUT2D eigenvalue weighted by Gasteiger charge is 2.07. The lowest BCUT2D eigenvalue weighted by molar-refractivity contribution is 0.0696. The van der Waals surface area contributed by atoms with Crippen LogP contribution in [0.2, 0.25) is 0 Å². The van der Waals surface area contributed by atoms with Gasteiger partial charge in [0.2, 0.25) is 0 Å². The normalized spacial score (nSPS) is 10.6. The molecule has 2 rings (SSSR count). The van der Waals surface area contributed by atoms with Gasteiger partial charge in [0.05, 0.1) is 5.56 Å². The van der Waals surface area contributed by atoms with Crippen molar-refractivity contribution in [3.8, 4) is 0 Å². The molecule has 2 aromatic carbocycles. The van der Waals surface area contributed by atoms with E-state index in [0.29, 0.717) is 5.56 Å². The van der Waals surface area contributed by atoms with Crippen molar-refractivity contribution >= 4 is 29.5 Å². The molecule has 0 bridgehead atoms. The summed E-state index contributed by atoms with van der Waals surface area (Å²) in [5.74, 6) is 0.627. The van der Waals surface area contributed by atoms with Gasteiger partial charge in [-0.2, -0.15) is 0 Å². The van der Waals surface area contributed by atoms with Gasteiger partial charge in [-0.15, -0.1) is 23.5 Å². The second-order valence-corrected chi connectivity index (χ2v) is 6.77. The highest BCUT2D eigenvalue weighted by atomic mass is 32.2. The molecule has 0 aliphatic heterocycles. The van der Waals surface area contributed by atoms with E-state index in [-0.39, 0.29) is 5.82 Å². The summed E-state index contributed by atoms with van der Waals surface area (Å²) in [6.07, 6.45) is 0. The molecule has 0 unspecified atom stereocenters. The van der Waals surface area contributed by atoms with E-state index in [9.17, 15) is 9.18 Å². The Morgan fingerprint density at radius 3 is 2.24 bits per heavy atom. The first-order chi connectivity index (χ1) is 10.1. The standard InChI is InChI=1S/C16H15FO2S2/c1-11-2-5-14(10-15(11)16(18)19)21-9-8-20-13-6-3-12(17)4-7-13/h2-7,10H,8-9H2,1H3,(H,18,19). The summed E-state index contributed by atoms with van der Waals surface area (Å²) in [4.78, 5) is 13.1. The molecule has 0 amide bonds. The Morgan fingerprint density at radius 1 is 1.05 bits per heavy atom. The van der Waals surface area contributed by atoms with Gasteiger partial charge in [0.15, 0.2) is 0 Å². The van der Waals surface area contributed by atoms with Crippen LogP contribution in [-0.4, -0.2) is 22.6 Å².